The molecular weight excluding hydrogens is 216 g/mol. The number of hydrogen-bond donors (Lipinski definition) is 2. The predicted molar refractivity (Wildman–Crippen MR) is 70.7 cm³/mol. The number of ether oxygens (including phenoxy) is 1. The van der Waals surface area contributed by atoms with Gasteiger partial charge in [-0.2, -0.15) is 0 Å². The lowest BCUT2D eigenvalue weighted by Crippen LogP contribution is -2.42. The molecule has 102 valence electrons. The smallest absolute Gasteiger partial charge is 0.220 e. The van der Waals surface area contributed by atoms with Crippen LogP contribution in [0.5, 0.6) is 0 Å². The molecule has 0 aliphatic carbocycles. The Balaban J connectivity index is 4.04. The van der Waals surface area contributed by atoms with Crippen LogP contribution in [0.4, 0.5) is 0 Å². The second kappa shape index (κ2) is 8.48. The van der Waals surface area contributed by atoms with E-state index in [9.17, 15) is 4.79 Å². The summed E-state index contributed by atoms with van der Waals surface area (Å²) in [5.41, 5.74) is 5.85. The number of nitrogens with two attached hydrogens (primary N) is 1. The molecule has 4 heteroatoms. The van der Waals surface area contributed by atoms with E-state index in [1.54, 1.807) is 7.11 Å². The molecule has 1 atom stereocenters. The summed E-state index contributed by atoms with van der Waals surface area (Å²) in [6.45, 7) is 8.17. The van der Waals surface area contributed by atoms with E-state index in [1.165, 1.54) is 0 Å². The van der Waals surface area contributed by atoms with Crippen LogP contribution >= 0.6 is 0 Å². The van der Waals surface area contributed by atoms with E-state index in [1.807, 2.05) is 6.92 Å². The normalized spacial score (nSPS) is 13.5. The fraction of sp³-hybridized carbons (Fsp3) is 0.923. The molecule has 0 heterocycles. The van der Waals surface area contributed by atoms with Gasteiger partial charge in [-0.25, -0.2) is 0 Å². The lowest BCUT2D eigenvalue weighted by molar-refractivity contribution is -0.122. The lowest BCUT2D eigenvalue weighted by atomic mass is 9.82. The molecule has 0 radical (unpaired) electrons. The van der Waals surface area contributed by atoms with Crippen molar-refractivity contribution in [1.82, 2.24) is 5.32 Å². The molecule has 0 spiro atoms. The molecule has 0 saturated carbocycles. The van der Waals surface area contributed by atoms with Gasteiger partial charge in [0.15, 0.2) is 0 Å². The third kappa shape index (κ3) is 6.03. The molecule has 0 aromatic heterocycles. The quantitative estimate of drug-likeness (QED) is 0.646. The van der Waals surface area contributed by atoms with Gasteiger partial charge in [-0.3, -0.25) is 4.79 Å². The minimum atomic E-state index is 0.0557. The third-order valence-corrected chi connectivity index (χ3v) is 3.58. The van der Waals surface area contributed by atoms with Gasteiger partial charge in [0.05, 0.1) is 0 Å². The van der Waals surface area contributed by atoms with Crippen LogP contribution in [0.3, 0.4) is 0 Å². The van der Waals surface area contributed by atoms with Crippen LogP contribution in [0.1, 0.15) is 40.0 Å². The summed E-state index contributed by atoms with van der Waals surface area (Å²) in [6.07, 6.45) is 2.50. The number of methoxy groups -OCH3 is 1. The highest BCUT2D eigenvalue weighted by atomic mass is 16.5. The van der Waals surface area contributed by atoms with Crippen molar-refractivity contribution in [2.24, 2.45) is 17.1 Å². The number of nitrogens with one attached hydrogen (secondary N) is 1. The number of carbonyl (C=O) groups excluding carboxylic acids is 1. The van der Waals surface area contributed by atoms with E-state index in [2.05, 4.69) is 19.2 Å². The Hall–Kier alpha value is -0.610. The number of carbonyl (C=O) groups is 1. The molecule has 0 aromatic rings. The van der Waals surface area contributed by atoms with Crippen molar-refractivity contribution in [2.45, 2.75) is 40.0 Å². The first-order chi connectivity index (χ1) is 8.03. The molecule has 17 heavy (non-hydrogen) atoms. The Kier molecular flexibility index (Phi) is 8.17. The van der Waals surface area contributed by atoms with Crippen molar-refractivity contribution >= 4 is 5.91 Å². The third-order valence-electron chi connectivity index (χ3n) is 3.58. The van der Waals surface area contributed by atoms with Gasteiger partial charge >= 0.3 is 0 Å². The van der Waals surface area contributed by atoms with Crippen molar-refractivity contribution in [3.63, 3.8) is 0 Å². The number of rotatable bonds is 9. The van der Waals surface area contributed by atoms with Gasteiger partial charge in [0, 0.05) is 26.7 Å². The average molecular weight is 244 g/mol. The molecule has 0 aliphatic rings. The Labute approximate surface area is 105 Å². The minimum Gasteiger partial charge on any atom is -0.384 e. The van der Waals surface area contributed by atoms with Gasteiger partial charge in [0.25, 0.3) is 0 Å². The SMILES string of the molecule is CCC(CC)(CN)CNC(=O)CC(C)COC. The highest BCUT2D eigenvalue weighted by molar-refractivity contribution is 5.76. The lowest BCUT2D eigenvalue weighted by Gasteiger charge is -2.30. The standard InChI is InChI=1S/C13H28N2O2/c1-5-13(6-2,9-14)10-15-12(16)7-11(3)8-17-4/h11H,5-10,14H2,1-4H3,(H,15,16). The van der Waals surface area contributed by atoms with E-state index in [-0.39, 0.29) is 17.2 Å². The zero-order valence-corrected chi connectivity index (χ0v) is 11.7. The molecule has 0 fully saturated rings. The Morgan fingerprint density at radius 2 is 2.00 bits per heavy atom. The molecule has 4 nitrogen and oxygen atoms in total. The van der Waals surface area contributed by atoms with Crippen LogP contribution in [0, 0.1) is 11.3 Å². The van der Waals surface area contributed by atoms with Crippen molar-refractivity contribution in [3.8, 4) is 0 Å². The van der Waals surface area contributed by atoms with E-state index in [0.29, 0.717) is 26.1 Å². The first kappa shape index (κ1) is 16.4. The molecule has 1 amide bonds. The summed E-state index contributed by atoms with van der Waals surface area (Å²) in [5, 5.41) is 2.99. The van der Waals surface area contributed by atoms with Crippen LogP contribution in [-0.2, 0) is 9.53 Å². The summed E-state index contributed by atoms with van der Waals surface area (Å²) in [7, 11) is 1.65. The van der Waals surface area contributed by atoms with E-state index in [0.717, 1.165) is 12.8 Å². The number of amides is 1. The van der Waals surface area contributed by atoms with Crippen LogP contribution in [0.15, 0.2) is 0 Å². The first-order valence-corrected chi connectivity index (χ1v) is 6.49. The van der Waals surface area contributed by atoms with Crippen molar-refractivity contribution in [1.29, 1.82) is 0 Å². The Bertz CT molecular complexity index is 207. The molecule has 0 bridgehead atoms. The largest absolute Gasteiger partial charge is 0.384 e. The van der Waals surface area contributed by atoms with Crippen LogP contribution in [0.2, 0.25) is 0 Å². The molecule has 0 rings (SSSR count). The summed E-state index contributed by atoms with van der Waals surface area (Å²) in [6, 6.07) is 0. The van der Waals surface area contributed by atoms with Gasteiger partial charge < -0.3 is 15.8 Å². The first-order valence-electron chi connectivity index (χ1n) is 6.49. The maximum atomic E-state index is 11.7. The van der Waals surface area contributed by atoms with E-state index >= 15 is 0 Å². The fourth-order valence-electron chi connectivity index (χ4n) is 1.88. The molecule has 0 saturated heterocycles. The molecule has 0 aromatic carbocycles. The predicted octanol–water partition coefficient (Wildman–Crippen LogP) is 1.54. The number of hydrogen-bond acceptors (Lipinski definition) is 3. The Morgan fingerprint density at radius 1 is 1.41 bits per heavy atom. The highest BCUT2D eigenvalue weighted by Gasteiger charge is 2.25. The summed E-state index contributed by atoms with van der Waals surface area (Å²) in [4.78, 5) is 11.7. The zero-order chi connectivity index (χ0) is 13.3. The summed E-state index contributed by atoms with van der Waals surface area (Å²) in [5.74, 6) is 0.352. The zero-order valence-electron chi connectivity index (χ0n) is 11.7. The highest BCUT2D eigenvalue weighted by Crippen LogP contribution is 2.23. The average Bonchev–Trinajstić information content (AvgIpc) is 2.32. The van der Waals surface area contributed by atoms with Crippen molar-refractivity contribution < 1.29 is 9.53 Å². The van der Waals surface area contributed by atoms with Gasteiger partial charge in [-0.05, 0) is 30.7 Å². The minimum absolute atomic E-state index is 0.0557. The second-order valence-corrected chi connectivity index (χ2v) is 4.95. The van der Waals surface area contributed by atoms with E-state index < -0.39 is 0 Å². The van der Waals surface area contributed by atoms with Gasteiger partial charge in [-0.15, -0.1) is 0 Å². The molecule has 0 aliphatic heterocycles. The van der Waals surface area contributed by atoms with Crippen LogP contribution in [-0.4, -0.2) is 32.7 Å². The second-order valence-electron chi connectivity index (χ2n) is 4.95. The van der Waals surface area contributed by atoms with E-state index in [4.69, 9.17) is 10.5 Å². The molecule has 1 unspecified atom stereocenters. The van der Waals surface area contributed by atoms with Crippen LogP contribution in [0.25, 0.3) is 0 Å². The monoisotopic (exact) mass is 244 g/mol. The van der Waals surface area contributed by atoms with Gasteiger partial charge in [-0.1, -0.05) is 20.8 Å². The summed E-state index contributed by atoms with van der Waals surface area (Å²) < 4.78 is 5.01. The summed E-state index contributed by atoms with van der Waals surface area (Å²) >= 11 is 0. The maximum absolute atomic E-state index is 11.7. The van der Waals surface area contributed by atoms with Crippen molar-refractivity contribution in [3.05, 3.63) is 0 Å². The fourth-order valence-corrected chi connectivity index (χ4v) is 1.88. The topological polar surface area (TPSA) is 64.3 Å². The van der Waals surface area contributed by atoms with Crippen LogP contribution < -0.4 is 11.1 Å². The molecule has 3 N–H and O–H groups in total. The van der Waals surface area contributed by atoms with Gasteiger partial charge in [0.1, 0.15) is 0 Å². The van der Waals surface area contributed by atoms with Crippen molar-refractivity contribution in [2.75, 3.05) is 26.8 Å². The molecular formula is C13H28N2O2. The van der Waals surface area contributed by atoms with Gasteiger partial charge in [0.2, 0.25) is 5.91 Å². The Morgan fingerprint density at radius 3 is 2.41 bits per heavy atom. The maximum Gasteiger partial charge on any atom is 0.220 e.